The largest absolute Gasteiger partial charge is 0.496 e. The van der Waals surface area contributed by atoms with Crippen molar-refractivity contribution in [2.45, 2.75) is 11.9 Å². The van der Waals surface area contributed by atoms with Gasteiger partial charge >= 0.3 is 0 Å². The van der Waals surface area contributed by atoms with Crippen LogP contribution in [0.4, 0.5) is 5.13 Å². The third-order valence-corrected chi connectivity index (χ3v) is 5.77. The number of aryl methyl sites for hydroxylation is 1. The number of aromatic nitrogens is 3. The van der Waals surface area contributed by atoms with Gasteiger partial charge in [0, 0.05) is 10.9 Å². The van der Waals surface area contributed by atoms with Gasteiger partial charge in [-0.05, 0) is 37.4 Å². The Balaban J connectivity index is 1.61. The fourth-order valence-electron chi connectivity index (χ4n) is 2.94. The molecule has 0 bridgehead atoms. The van der Waals surface area contributed by atoms with Crippen LogP contribution in [0.2, 0.25) is 0 Å². The summed E-state index contributed by atoms with van der Waals surface area (Å²) in [5, 5.41) is 5.81. The second-order valence-corrected chi connectivity index (χ2v) is 7.84. The third-order valence-electron chi connectivity index (χ3n) is 4.33. The average molecular weight is 439 g/mol. The lowest BCUT2D eigenvalue weighted by atomic mass is 10.1. The van der Waals surface area contributed by atoms with E-state index in [2.05, 4.69) is 20.3 Å². The van der Waals surface area contributed by atoms with Crippen LogP contribution in [0.5, 0.6) is 5.75 Å². The molecule has 1 amide bonds. The van der Waals surface area contributed by atoms with Gasteiger partial charge in [0.1, 0.15) is 10.8 Å². The van der Waals surface area contributed by atoms with Crippen LogP contribution in [0, 0.1) is 6.92 Å². The molecular formula is C21H18N4O3S2. The summed E-state index contributed by atoms with van der Waals surface area (Å²) in [4.78, 5) is 26.5. The summed E-state index contributed by atoms with van der Waals surface area (Å²) in [5.74, 6) is 1.43. The molecule has 0 unspecified atom stereocenters. The Kier molecular flexibility index (Phi) is 5.82. The number of hydrogen-bond donors (Lipinski definition) is 1. The number of thioether (sulfide) groups is 1. The fourth-order valence-corrected chi connectivity index (χ4v) is 4.27. The van der Waals surface area contributed by atoms with Crippen LogP contribution in [0.25, 0.3) is 22.8 Å². The normalized spacial score (nSPS) is 10.8. The number of nitrogens with one attached hydrogen (secondary N) is 1. The Bertz CT molecular complexity index is 1190. The maximum atomic E-state index is 13.0. The number of rotatable bonds is 6. The Morgan fingerprint density at radius 3 is 2.73 bits per heavy atom. The summed E-state index contributed by atoms with van der Waals surface area (Å²) < 4.78 is 10.8. The summed E-state index contributed by atoms with van der Waals surface area (Å²) >= 11 is 2.73. The number of thiazole rings is 1. The minimum atomic E-state index is -0.302. The lowest BCUT2D eigenvalue weighted by Crippen LogP contribution is -2.16. The maximum Gasteiger partial charge on any atom is 0.262 e. The van der Waals surface area contributed by atoms with Crippen molar-refractivity contribution in [2.75, 3.05) is 18.7 Å². The van der Waals surface area contributed by atoms with E-state index < -0.39 is 0 Å². The van der Waals surface area contributed by atoms with Crippen LogP contribution >= 0.6 is 23.1 Å². The molecule has 3 aromatic heterocycles. The van der Waals surface area contributed by atoms with Crippen molar-refractivity contribution in [2.24, 2.45) is 0 Å². The molecule has 1 aromatic carbocycles. The molecule has 30 heavy (non-hydrogen) atoms. The molecule has 152 valence electrons. The predicted molar refractivity (Wildman–Crippen MR) is 118 cm³/mol. The molecule has 0 radical (unpaired) electrons. The first kappa shape index (κ1) is 20.1. The molecule has 4 rings (SSSR count). The first-order chi connectivity index (χ1) is 14.6. The van der Waals surface area contributed by atoms with E-state index in [9.17, 15) is 4.79 Å². The highest BCUT2D eigenvalue weighted by molar-refractivity contribution is 7.98. The molecule has 9 heteroatoms. The van der Waals surface area contributed by atoms with Crippen LogP contribution in [-0.4, -0.2) is 34.2 Å². The van der Waals surface area contributed by atoms with E-state index in [1.165, 1.54) is 23.1 Å². The number of carbonyl (C=O) groups excluding carboxylic acids is 1. The van der Waals surface area contributed by atoms with Gasteiger partial charge in [0.25, 0.3) is 5.91 Å². The van der Waals surface area contributed by atoms with Gasteiger partial charge in [-0.3, -0.25) is 10.1 Å². The Morgan fingerprint density at radius 2 is 2.00 bits per heavy atom. The van der Waals surface area contributed by atoms with E-state index in [0.717, 1.165) is 17.0 Å². The zero-order valence-electron chi connectivity index (χ0n) is 16.5. The molecule has 0 aliphatic rings. The van der Waals surface area contributed by atoms with Crippen LogP contribution in [0.3, 0.4) is 0 Å². The molecule has 0 aliphatic heterocycles. The second kappa shape index (κ2) is 8.68. The van der Waals surface area contributed by atoms with Crippen LogP contribution < -0.4 is 10.1 Å². The lowest BCUT2D eigenvalue weighted by molar-refractivity contribution is 0.102. The number of furan rings is 1. The van der Waals surface area contributed by atoms with Crippen molar-refractivity contribution < 1.29 is 13.9 Å². The van der Waals surface area contributed by atoms with E-state index in [0.29, 0.717) is 33.0 Å². The highest BCUT2D eigenvalue weighted by Crippen LogP contribution is 2.32. The van der Waals surface area contributed by atoms with Crippen LogP contribution in [0.1, 0.15) is 16.1 Å². The summed E-state index contributed by atoms with van der Waals surface area (Å²) in [6, 6.07) is 11.2. The van der Waals surface area contributed by atoms with Crippen molar-refractivity contribution in [3.05, 3.63) is 59.3 Å². The molecule has 0 saturated carbocycles. The van der Waals surface area contributed by atoms with Gasteiger partial charge in [-0.15, -0.1) is 23.1 Å². The topological polar surface area (TPSA) is 90.1 Å². The molecular weight excluding hydrogens is 420 g/mol. The summed E-state index contributed by atoms with van der Waals surface area (Å²) in [7, 11) is 1.62. The number of amides is 1. The summed E-state index contributed by atoms with van der Waals surface area (Å²) in [6.45, 7) is 1.78. The molecule has 7 nitrogen and oxygen atoms in total. The Hall–Kier alpha value is -3.17. The Morgan fingerprint density at radius 1 is 1.17 bits per heavy atom. The predicted octanol–water partition coefficient (Wildman–Crippen LogP) is 5.15. The van der Waals surface area contributed by atoms with E-state index in [1.807, 2.05) is 35.9 Å². The monoisotopic (exact) mass is 438 g/mol. The third kappa shape index (κ3) is 3.94. The first-order valence-corrected chi connectivity index (χ1v) is 11.1. The molecule has 4 aromatic rings. The number of ether oxygens (including phenoxy) is 1. The van der Waals surface area contributed by atoms with Crippen molar-refractivity contribution in [3.63, 3.8) is 0 Å². The molecule has 1 N–H and O–H groups in total. The van der Waals surface area contributed by atoms with Gasteiger partial charge in [0.2, 0.25) is 0 Å². The SMILES string of the molecule is COc1ccccc1-c1csc(NC(=O)c2c(C)nc(-c3ccco3)nc2SC)n1. The van der Waals surface area contributed by atoms with Crippen molar-refractivity contribution >= 4 is 34.1 Å². The minimum absolute atomic E-state index is 0.302. The van der Waals surface area contributed by atoms with Crippen molar-refractivity contribution in [3.8, 4) is 28.6 Å². The molecule has 0 fully saturated rings. The summed E-state index contributed by atoms with van der Waals surface area (Å²) in [6.07, 6.45) is 3.43. The molecule has 0 atom stereocenters. The second-order valence-electron chi connectivity index (χ2n) is 6.19. The highest BCUT2D eigenvalue weighted by atomic mass is 32.2. The fraction of sp³-hybridized carbons (Fsp3) is 0.143. The van der Waals surface area contributed by atoms with E-state index in [-0.39, 0.29) is 5.91 Å². The number of benzene rings is 1. The molecule has 0 saturated heterocycles. The zero-order chi connectivity index (χ0) is 21.1. The molecule has 0 spiro atoms. The van der Waals surface area contributed by atoms with Crippen LogP contribution in [-0.2, 0) is 0 Å². The van der Waals surface area contributed by atoms with Gasteiger partial charge in [-0.25, -0.2) is 15.0 Å². The standard InChI is InChI=1S/C21H18N4O3S2/c1-12-17(20(29-3)24-18(22-12)16-9-6-10-28-16)19(26)25-21-23-14(11-30-21)13-7-4-5-8-15(13)27-2/h4-11H,1-3H3,(H,23,25,26). The Labute approximate surface area is 181 Å². The van der Waals surface area contributed by atoms with E-state index in [4.69, 9.17) is 9.15 Å². The lowest BCUT2D eigenvalue weighted by Gasteiger charge is -2.10. The van der Waals surface area contributed by atoms with Gasteiger partial charge < -0.3 is 9.15 Å². The highest BCUT2D eigenvalue weighted by Gasteiger charge is 2.21. The quantitative estimate of drug-likeness (QED) is 0.329. The number of methoxy groups -OCH3 is 1. The van der Waals surface area contributed by atoms with E-state index in [1.54, 1.807) is 32.4 Å². The van der Waals surface area contributed by atoms with Gasteiger partial charge in [-0.1, -0.05) is 12.1 Å². The van der Waals surface area contributed by atoms with Gasteiger partial charge in [-0.2, -0.15) is 0 Å². The van der Waals surface area contributed by atoms with Gasteiger partial charge in [0.15, 0.2) is 16.7 Å². The number of carbonyl (C=O) groups is 1. The molecule has 3 heterocycles. The van der Waals surface area contributed by atoms with Crippen molar-refractivity contribution in [1.82, 2.24) is 15.0 Å². The maximum absolute atomic E-state index is 13.0. The number of nitrogens with zero attached hydrogens (tertiary/aromatic N) is 3. The number of para-hydroxylation sites is 1. The first-order valence-electron chi connectivity index (χ1n) is 8.97. The van der Waals surface area contributed by atoms with Crippen molar-refractivity contribution in [1.29, 1.82) is 0 Å². The van der Waals surface area contributed by atoms with E-state index >= 15 is 0 Å². The minimum Gasteiger partial charge on any atom is -0.496 e. The summed E-state index contributed by atoms with van der Waals surface area (Å²) in [5.41, 5.74) is 2.59. The number of hydrogen-bond acceptors (Lipinski definition) is 8. The van der Waals surface area contributed by atoms with Crippen LogP contribution in [0.15, 0.2) is 57.5 Å². The number of anilines is 1. The smallest absolute Gasteiger partial charge is 0.262 e. The average Bonchev–Trinajstić information content (AvgIpc) is 3.45. The molecule has 0 aliphatic carbocycles. The van der Waals surface area contributed by atoms with Gasteiger partial charge in [0.05, 0.1) is 30.3 Å². The zero-order valence-corrected chi connectivity index (χ0v) is 18.1.